The summed E-state index contributed by atoms with van der Waals surface area (Å²) in [5, 5.41) is 0. The van der Waals surface area contributed by atoms with Gasteiger partial charge in [-0.15, -0.1) is 0 Å². The van der Waals surface area contributed by atoms with Crippen molar-refractivity contribution in [3.63, 3.8) is 0 Å². The van der Waals surface area contributed by atoms with E-state index >= 15 is 0 Å². The van der Waals surface area contributed by atoms with E-state index in [4.69, 9.17) is 0 Å². The summed E-state index contributed by atoms with van der Waals surface area (Å²) in [6.07, 6.45) is 5.02. The lowest BCUT2D eigenvalue weighted by molar-refractivity contribution is 0.482. The Balaban J connectivity index is 2.44. The molecule has 1 rings (SSSR count). The van der Waals surface area contributed by atoms with Crippen molar-refractivity contribution in [3.05, 3.63) is 11.6 Å². The fraction of sp³-hybridized carbons (Fsp3) is 0.714. The average Bonchev–Trinajstić information content (AvgIpc) is 1.65. The highest BCUT2D eigenvalue weighted by molar-refractivity contribution is 5.12. The Morgan fingerprint density at radius 3 is 2.43 bits per heavy atom. The molecule has 0 aromatic heterocycles. The Morgan fingerprint density at radius 2 is 2.43 bits per heavy atom. The Bertz CT molecular complexity index is 90.2. The summed E-state index contributed by atoms with van der Waals surface area (Å²) in [4.78, 5) is 0. The highest BCUT2D eigenvalue weighted by atomic mass is 14.2. The minimum atomic E-state index is 0.907. The molecule has 0 N–H and O–H groups in total. The van der Waals surface area contributed by atoms with Crippen LogP contribution in [0.2, 0.25) is 0 Å². The summed E-state index contributed by atoms with van der Waals surface area (Å²) >= 11 is 0. The maximum atomic E-state index is 2.29. The summed E-state index contributed by atoms with van der Waals surface area (Å²) in [6, 6.07) is 0. The van der Waals surface area contributed by atoms with Gasteiger partial charge < -0.3 is 0 Å². The molecule has 0 bridgehead atoms. The van der Waals surface area contributed by atoms with E-state index in [0.29, 0.717) is 0 Å². The number of hydrogen-bond acceptors (Lipinski definition) is 0. The van der Waals surface area contributed by atoms with Gasteiger partial charge in [-0.2, -0.15) is 0 Å². The molecule has 1 fully saturated rings. The molecule has 0 amide bonds. The molecule has 0 aromatic carbocycles. The second-order valence-corrected chi connectivity index (χ2v) is 2.30. The molecule has 1 atom stereocenters. The maximum absolute atomic E-state index is 2.29. The minimum absolute atomic E-state index is 0.907. The molecule has 1 aliphatic rings. The van der Waals surface area contributed by atoms with Gasteiger partial charge in [0.2, 0.25) is 0 Å². The zero-order valence-corrected chi connectivity index (χ0v) is 5.07. The van der Waals surface area contributed by atoms with E-state index in [1.165, 1.54) is 12.8 Å². The monoisotopic (exact) mass is 96.1 g/mol. The second kappa shape index (κ2) is 1.69. The van der Waals surface area contributed by atoms with Gasteiger partial charge in [-0.05, 0) is 25.7 Å². The van der Waals surface area contributed by atoms with Crippen molar-refractivity contribution in [1.82, 2.24) is 0 Å². The molecular weight excluding hydrogens is 84.1 g/mol. The molecule has 0 spiro atoms. The van der Waals surface area contributed by atoms with E-state index in [2.05, 4.69) is 19.9 Å². The molecule has 0 saturated heterocycles. The second-order valence-electron chi connectivity index (χ2n) is 2.30. The van der Waals surface area contributed by atoms with Crippen LogP contribution in [0.5, 0.6) is 0 Å². The van der Waals surface area contributed by atoms with E-state index in [-0.39, 0.29) is 0 Å². The van der Waals surface area contributed by atoms with Gasteiger partial charge in [0.1, 0.15) is 0 Å². The van der Waals surface area contributed by atoms with Crippen molar-refractivity contribution in [2.24, 2.45) is 5.92 Å². The largest absolute Gasteiger partial charge is 0.0882 e. The summed E-state index contributed by atoms with van der Waals surface area (Å²) < 4.78 is 0. The van der Waals surface area contributed by atoms with Crippen LogP contribution < -0.4 is 0 Å². The van der Waals surface area contributed by atoms with Gasteiger partial charge in [-0.1, -0.05) is 18.6 Å². The number of hydrogen-bond donors (Lipinski definition) is 0. The SMILES string of the molecule is C/C=C1\CCC1C. The maximum Gasteiger partial charge on any atom is -0.0229 e. The molecule has 0 heteroatoms. The van der Waals surface area contributed by atoms with Gasteiger partial charge in [0, 0.05) is 0 Å². The van der Waals surface area contributed by atoms with Crippen LogP contribution in [0.1, 0.15) is 26.7 Å². The lowest BCUT2D eigenvalue weighted by Gasteiger charge is -2.25. The van der Waals surface area contributed by atoms with Crippen LogP contribution in [0, 0.1) is 5.92 Å². The molecule has 0 aromatic rings. The molecule has 1 unspecified atom stereocenters. The molecule has 7 heavy (non-hydrogen) atoms. The zero-order valence-electron chi connectivity index (χ0n) is 5.07. The van der Waals surface area contributed by atoms with Crippen LogP contribution >= 0.6 is 0 Å². The van der Waals surface area contributed by atoms with Gasteiger partial charge in [-0.25, -0.2) is 0 Å². The Hall–Kier alpha value is -0.260. The van der Waals surface area contributed by atoms with Crippen LogP contribution in [-0.4, -0.2) is 0 Å². The van der Waals surface area contributed by atoms with Crippen molar-refractivity contribution in [1.29, 1.82) is 0 Å². The van der Waals surface area contributed by atoms with E-state index < -0.39 is 0 Å². The van der Waals surface area contributed by atoms with Gasteiger partial charge in [0.25, 0.3) is 0 Å². The van der Waals surface area contributed by atoms with Crippen LogP contribution in [0.15, 0.2) is 11.6 Å². The highest BCUT2D eigenvalue weighted by Crippen LogP contribution is 2.31. The normalized spacial score (nSPS) is 35.7. The first kappa shape index (κ1) is 4.89. The average molecular weight is 96.2 g/mol. The van der Waals surface area contributed by atoms with Crippen molar-refractivity contribution >= 4 is 0 Å². The Morgan fingerprint density at radius 1 is 1.71 bits per heavy atom. The molecule has 0 aliphatic heterocycles. The van der Waals surface area contributed by atoms with Crippen molar-refractivity contribution in [2.75, 3.05) is 0 Å². The van der Waals surface area contributed by atoms with Crippen LogP contribution in [0.3, 0.4) is 0 Å². The Kier molecular flexibility index (Phi) is 1.18. The third-order valence-electron chi connectivity index (χ3n) is 1.87. The van der Waals surface area contributed by atoms with E-state index in [1.54, 1.807) is 5.57 Å². The first-order valence-corrected chi connectivity index (χ1v) is 2.99. The predicted molar refractivity (Wildman–Crippen MR) is 32.2 cm³/mol. The third-order valence-corrected chi connectivity index (χ3v) is 1.87. The Labute approximate surface area is 45.2 Å². The van der Waals surface area contributed by atoms with E-state index in [1.807, 2.05) is 0 Å². The fourth-order valence-electron chi connectivity index (χ4n) is 1.03. The molecule has 1 aliphatic carbocycles. The summed E-state index contributed by atoms with van der Waals surface area (Å²) in [5.41, 5.74) is 1.65. The van der Waals surface area contributed by atoms with Gasteiger partial charge >= 0.3 is 0 Å². The lowest BCUT2D eigenvalue weighted by atomic mass is 9.81. The van der Waals surface area contributed by atoms with Gasteiger partial charge in [0.15, 0.2) is 0 Å². The van der Waals surface area contributed by atoms with E-state index in [0.717, 1.165) is 5.92 Å². The molecule has 1 saturated carbocycles. The van der Waals surface area contributed by atoms with Gasteiger partial charge in [0.05, 0.1) is 0 Å². The predicted octanol–water partition coefficient (Wildman–Crippen LogP) is 2.36. The number of rotatable bonds is 0. The van der Waals surface area contributed by atoms with Gasteiger partial charge in [-0.3, -0.25) is 0 Å². The quantitative estimate of drug-likeness (QED) is 0.406. The summed E-state index contributed by atoms with van der Waals surface area (Å²) in [6.45, 7) is 4.42. The first-order valence-electron chi connectivity index (χ1n) is 2.99. The molecule has 0 heterocycles. The highest BCUT2D eigenvalue weighted by Gasteiger charge is 2.16. The van der Waals surface area contributed by atoms with E-state index in [9.17, 15) is 0 Å². The standard InChI is InChI=1S/C7H12/c1-3-7-5-4-6(7)2/h3,6H,4-5H2,1-2H3/b7-3+. The zero-order chi connectivity index (χ0) is 5.28. The number of allylic oxidation sites excluding steroid dienone is 2. The van der Waals surface area contributed by atoms with Crippen LogP contribution in [0.25, 0.3) is 0 Å². The molecular formula is C7H12. The molecule has 40 valence electrons. The van der Waals surface area contributed by atoms with Crippen molar-refractivity contribution in [2.45, 2.75) is 26.7 Å². The summed E-state index contributed by atoms with van der Waals surface area (Å²) in [7, 11) is 0. The topological polar surface area (TPSA) is 0 Å². The minimum Gasteiger partial charge on any atom is -0.0882 e. The fourth-order valence-corrected chi connectivity index (χ4v) is 1.03. The van der Waals surface area contributed by atoms with Crippen molar-refractivity contribution in [3.8, 4) is 0 Å². The van der Waals surface area contributed by atoms with Crippen molar-refractivity contribution < 1.29 is 0 Å². The van der Waals surface area contributed by atoms with Crippen LogP contribution in [-0.2, 0) is 0 Å². The summed E-state index contributed by atoms with van der Waals surface area (Å²) in [5.74, 6) is 0.907. The third kappa shape index (κ3) is 0.696. The van der Waals surface area contributed by atoms with Crippen LogP contribution in [0.4, 0.5) is 0 Å². The smallest absolute Gasteiger partial charge is 0.0229 e. The lowest BCUT2D eigenvalue weighted by Crippen LogP contribution is -2.10. The molecule has 0 radical (unpaired) electrons. The first-order chi connectivity index (χ1) is 3.34. The molecule has 0 nitrogen and oxygen atoms in total.